The zero-order valence-electron chi connectivity index (χ0n) is 17.3. The van der Waals surface area contributed by atoms with Crippen molar-refractivity contribution in [1.29, 1.82) is 5.26 Å². The lowest BCUT2D eigenvalue weighted by Crippen LogP contribution is -2.36. The third-order valence-electron chi connectivity index (χ3n) is 5.19. The second-order valence-corrected chi connectivity index (χ2v) is 8.73. The summed E-state index contributed by atoms with van der Waals surface area (Å²) in [6.07, 6.45) is 1.55. The molecule has 1 N–H and O–H groups in total. The number of thioether (sulfide) groups is 1. The van der Waals surface area contributed by atoms with Gasteiger partial charge in [0.2, 0.25) is 5.91 Å². The van der Waals surface area contributed by atoms with Crippen LogP contribution in [0.15, 0.2) is 93.0 Å². The van der Waals surface area contributed by atoms with Gasteiger partial charge < -0.3 is 9.73 Å². The Morgan fingerprint density at radius 1 is 1.16 bits per heavy atom. The second-order valence-electron chi connectivity index (χ2n) is 7.32. The van der Waals surface area contributed by atoms with Gasteiger partial charge in [-0.2, -0.15) is 5.26 Å². The van der Waals surface area contributed by atoms with E-state index in [1.54, 1.807) is 18.4 Å². The summed E-state index contributed by atoms with van der Waals surface area (Å²) >= 11 is 7.44. The van der Waals surface area contributed by atoms with Crippen molar-refractivity contribution in [3.05, 3.63) is 99.9 Å². The monoisotopic (exact) mass is 461 g/mol. The van der Waals surface area contributed by atoms with Gasteiger partial charge in [-0.05, 0) is 48.9 Å². The van der Waals surface area contributed by atoms with E-state index in [-0.39, 0.29) is 5.91 Å². The molecule has 7 heteroatoms. The number of carbonyl (C=O) groups excluding carboxylic acids is 1. The van der Waals surface area contributed by atoms with Crippen molar-refractivity contribution in [2.45, 2.75) is 18.6 Å². The zero-order chi connectivity index (χ0) is 22.5. The lowest BCUT2D eigenvalue weighted by atomic mass is 9.79. The van der Waals surface area contributed by atoms with Crippen molar-refractivity contribution in [1.82, 2.24) is 0 Å². The number of furan rings is 1. The molecule has 160 valence electrons. The number of rotatable bonds is 6. The predicted octanol–water partition coefficient (Wildman–Crippen LogP) is 6.41. The van der Waals surface area contributed by atoms with E-state index >= 15 is 0 Å². The van der Waals surface area contributed by atoms with Crippen molar-refractivity contribution < 1.29 is 9.21 Å². The molecule has 32 heavy (non-hydrogen) atoms. The summed E-state index contributed by atoms with van der Waals surface area (Å²) < 4.78 is 5.66. The zero-order valence-corrected chi connectivity index (χ0v) is 18.9. The number of nitrogens with zero attached hydrogens (tertiary/aromatic N) is 2. The summed E-state index contributed by atoms with van der Waals surface area (Å²) in [5.41, 5.74) is 2.82. The number of hydrogen-bond donors (Lipinski definition) is 1. The number of nitriles is 1. The van der Waals surface area contributed by atoms with Crippen LogP contribution in [0.4, 0.5) is 5.69 Å². The molecule has 1 amide bonds. The van der Waals surface area contributed by atoms with Gasteiger partial charge in [0.05, 0.1) is 29.7 Å². The molecule has 1 aliphatic heterocycles. The fourth-order valence-corrected chi connectivity index (χ4v) is 4.81. The van der Waals surface area contributed by atoms with Crippen LogP contribution in [-0.2, 0) is 10.5 Å². The van der Waals surface area contributed by atoms with Crippen LogP contribution >= 0.6 is 23.4 Å². The molecule has 0 saturated heterocycles. The van der Waals surface area contributed by atoms with Crippen LogP contribution in [0.5, 0.6) is 0 Å². The number of nitrogens with one attached hydrogen (secondary N) is 1. The molecular weight excluding hydrogens is 442 g/mol. The number of hydrogen-bond acceptors (Lipinski definition) is 5. The van der Waals surface area contributed by atoms with E-state index in [1.165, 1.54) is 11.8 Å². The molecule has 0 saturated carbocycles. The molecule has 3 aromatic rings. The third kappa shape index (κ3) is 4.80. The fraction of sp³-hybridized carbons (Fsp3) is 0.160. The van der Waals surface area contributed by atoms with Gasteiger partial charge in [-0.25, -0.2) is 4.99 Å². The average molecular weight is 462 g/mol. The number of para-hydroxylation sites is 1. The molecule has 2 atom stereocenters. The van der Waals surface area contributed by atoms with E-state index in [9.17, 15) is 10.1 Å². The molecule has 1 aliphatic rings. The fourth-order valence-electron chi connectivity index (χ4n) is 3.65. The highest BCUT2D eigenvalue weighted by Gasteiger charge is 2.41. The van der Waals surface area contributed by atoms with E-state index in [4.69, 9.17) is 16.0 Å². The third-order valence-corrected chi connectivity index (χ3v) is 6.50. The van der Waals surface area contributed by atoms with Crippen molar-refractivity contribution >= 4 is 40.7 Å². The summed E-state index contributed by atoms with van der Waals surface area (Å²) in [5, 5.41) is 14.3. The SMILES string of the molecule is CC1=NC(SCc2ccc(Cl)cc2)=C(C#N)C(c2ccco2)C1C(=O)Nc1ccccc1. The smallest absolute Gasteiger partial charge is 0.234 e. The van der Waals surface area contributed by atoms with Crippen LogP contribution in [0.2, 0.25) is 5.02 Å². The molecule has 0 fully saturated rings. The Labute approximate surface area is 195 Å². The molecule has 0 bridgehead atoms. The maximum Gasteiger partial charge on any atom is 0.234 e. The second kappa shape index (κ2) is 9.90. The topological polar surface area (TPSA) is 78.4 Å². The molecule has 0 radical (unpaired) electrons. The minimum atomic E-state index is -0.657. The Morgan fingerprint density at radius 3 is 2.56 bits per heavy atom. The normalized spacial score (nSPS) is 18.1. The number of halogens is 1. The first-order valence-electron chi connectivity index (χ1n) is 10.0. The number of amides is 1. The predicted molar refractivity (Wildman–Crippen MR) is 129 cm³/mol. The molecule has 2 aromatic carbocycles. The van der Waals surface area contributed by atoms with E-state index in [1.807, 2.05) is 61.5 Å². The quantitative estimate of drug-likeness (QED) is 0.459. The molecule has 0 aliphatic carbocycles. The van der Waals surface area contributed by atoms with Gasteiger partial charge in [0.1, 0.15) is 10.8 Å². The van der Waals surface area contributed by atoms with Crippen molar-refractivity contribution in [3.63, 3.8) is 0 Å². The Bertz CT molecular complexity index is 1200. The van der Waals surface area contributed by atoms with Gasteiger partial charge >= 0.3 is 0 Å². The molecule has 4 rings (SSSR count). The standard InChI is InChI=1S/C25H20ClN3O2S/c1-16-22(24(30)29-19-6-3-2-4-7-19)23(21-8-5-13-31-21)20(14-27)25(28-16)32-15-17-9-11-18(26)12-10-17/h2-13,22-23H,15H2,1H3,(H,29,30). The summed E-state index contributed by atoms with van der Waals surface area (Å²) in [7, 11) is 0. The molecule has 1 aromatic heterocycles. The molecule has 5 nitrogen and oxygen atoms in total. The number of carbonyl (C=O) groups is 1. The highest BCUT2D eigenvalue weighted by Crippen LogP contribution is 2.43. The lowest BCUT2D eigenvalue weighted by molar-refractivity contribution is -0.118. The van der Waals surface area contributed by atoms with Crippen LogP contribution in [0.1, 0.15) is 24.2 Å². The van der Waals surface area contributed by atoms with Crippen LogP contribution in [0.3, 0.4) is 0 Å². The molecule has 2 unspecified atom stereocenters. The summed E-state index contributed by atoms with van der Waals surface area (Å²) in [6.45, 7) is 1.82. The van der Waals surface area contributed by atoms with Gasteiger partial charge in [-0.15, -0.1) is 11.8 Å². The van der Waals surface area contributed by atoms with Gasteiger partial charge in [0, 0.05) is 22.2 Å². The number of benzene rings is 2. The molecular formula is C25H20ClN3O2S. The van der Waals surface area contributed by atoms with Gasteiger partial charge in [-0.1, -0.05) is 41.9 Å². The maximum absolute atomic E-state index is 13.3. The Hall–Kier alpha value is -3.27. The summed E-state index contributed by atoms with van der Waals surface area (Å²) in [4.78, 5) is 18.0. The Morgan fingerprint density at radius 2 is 1.91 bits per heavy atom. The van der Waals surface area contributed by atoms with E-state index in [0.717, 1.165) is 5.56 Å². The maximum atomic E-state index is 13.3. The highest BCUT2D eigenvalue weighted by atomic mass is 35.5. The summed E-state index contributed by atoms with van der Waals surface area (Å²) in [6, 6.07) is 22.7. The van der Waals surface area contributed by atoms with Gasteiger partial charge in [0.25, 0.3) is 0 Å². The minimum absolute atomic E-state index is 0.228. The first-order chi connectivity index (χ1) is 15.6. The number of aliphatic imine (C=N–C) groups is 1. The first-order valence-corrected chi connectivity index (χ1v) is 11.4. The van der Waals surface area contributed by atoms with Crippen LogP contribution < -0.4 is 5.32 Å². The van der Waals surface area contributed by atoms with E-state index < -0.39 is 11.8 Å². The Kier molecular flexibility index (Phi) is 6.79. The van der Waals surface area contributed by atoms with Crippen LogP contribution in [0, 0.1) is 17.2 Å². The first kappa shape index (κ1) is 21.9. The van der Waals surface area contributed by atoms with Crippen molar-refractivity contribution in [3.8, 4) is 6.07 Å². The summed E-state index contributed by atoms with van der Waals surface area (Å²) in [5.74, 6) is -0.248. The average Bonchev–Trinajstić information content (AvgIpc) is 3.33. The van der Waals surface area contributed by atoms with Crippen molar-refractivity contribution in [2.24, 2.45) is 10.9 Å². The lowest BCUT2D eigenvalue weighted by Gasteiger charge is -2.29. The minimum Gasteiger partial charge on any atom is -0.469 e. The van der Waals surface area contributed by atoms with Crippen molar-refractivity contribution in [2.75, 3.05) is 5.32 Å². The van der Waals surface area contributed by atoms with E-state index in [0.29, 0.717) is 38.5 Å². The Balaban J connectivity index is 1.66. The van der Waals surface area contributed by atoms with E-state index in [2.05, 4.69) is 16.4 Å². The molecule has 2 heterocycles. The highest BCUT2D eigenvalue weighted by molar-refractivity contribution is 8.02. The molecule has 0 spiro atoms. The number of anilines is 1. The van der Waals surface area contributed by atoms with Gasteiger partial charge in [0.15, 0.2) is 0 Å². The van der Waals surface area contributed by atoms with Crippen LogP contribution in [0.25, 0.3) is 0 Å². The number of allylic oxidation sites excluding steroid dienone is 1. The van der Waals surface area contributed by atoms with Gasteiger partial charge in [-0.3, -0.25) is 4.79 Å². The van der Waals surface area contributed by atoms with Crippen LogP contribution in [-0.4, -0.2) is 11.6 Å². The largest absolute Gasteiger partial charge is 0.469 e.